The van der Waals surface area contributed by atoms with Gasteiger partial charge < -0.3 is 0 Å². The maximum Gasteiger partial charge on any atom is 0.199 e. The van der Waals surface area contributed by atoms with E-state index in [1.54, 1.807) is 23.7 Å². The van der Waals surface area contributed by atoms with Crippen LogP contribution < -0.4 is 0 Å². The maximum absolute atomic E-state index is 4.86. The van der Waals surface area contributed by atoms with Gasteiger partial charge in [0.05, 0.1) is 10.2 Å². The van der Waals surface area contributed by atoms with Crippen LogP contribution in [0.4, 0.5) is 0 Å². The molecule has 0 saturated carbocycles. The molecule has 0 aliphatic rings. The summed E-state index contributed by atoms with van der Waals surface area (Å²) in [4.78, 5) is 14.9. The highest BCUT2D eigenvalue weighted by atomic mass is 32.1. The fraction of sp³-hybridized carbons (Fsp3) is 0.0889. The highest BCUT2D eigenvalue weighted by Crippen LogP contribution is 2.46. The zero-order valence-corrected chi connectivity index (χ0v) is 28.9. The maximum atomic E-state index is 4.86. The molecule has 0 radical (unpaired) electrons. The second-order valence-corrected chi connectivity index (χ2v) is 14.7. The molecule has 6 aromatic carbocycles. The third-order valence-electron chi connectivity index (χ3n) is 9.50. The van der Waals surface area contributed by atoms with E-state index in [9.17, 15) is 0 Å². The highest BCUT2D eigenvalue weighted by Gasteiger charge is 2.25. The fourth-order valence-electron chi connectivity index (χ4n) is 7.20. The molecule has 0 amide bonds. The minimum atomic E-state index is -0.0776. The van der Waals surface area contributed by atoms with E-state index in [1.807, 2.05) is 0 Å². The molecular formula is C45H34N4S. The molecular weight excluding hydrogens is 629 g/mol. The van der Waals surface area contributed by atoms with Crippen LogP contribution in [0.3, 0.4) is 0 Å². The fourth-order valence-corrected chi connectivity index (χ4v) is 8.38. The Morgan fingerprint density at radius 1 is 0.520 bits per heavy atom. The molecule has 5 heteroatoms. The Bertz CT molecular complexity index is 2610. The molecule has 0 atom stereocenters. The number of nitrogens with zero attached hydrogens (tertiary/aromatic N) is 4. The first kappa shape index (κ1) is 30.2. The SMILES string of the molecule is CC(C)(C)c1ccc2c(sc3nc4nccnc4n32)c1-c1cccc(-c2cc(-c3ccccc3)c(-c3ccccc3)c(-c3ccccc3)c2)c1. The van der Waals surface area contributed by atoms with Crippen LogP contribution in [0.2, 0.25) is 0 Å². The predicted molar refractivity (Wildman–Crippen MR) is 210 cm³/mol. The Balaban J connectivity index is 1.31. The standard InChI is InChI=1S/C45H34N4S/c1-45(2,3)37-22-23-38-41(50-44-48-42-43(49(38)44)47-25-24-46-42)40(37)33-21-13-20-32(26-33)34-27-35(29-14-7-4-8-15-29)39(31-18-11-6-12-19-31)36(28-34)30-16-9-5-10-17-30/h4-28H,1-3H3. The van der Waals surface area contributed by atoms with Gasteiger partial charge in [0.1, 0.15) is 0 Å². The minimum Gasteiger partial charge on any atom is -0.266 e. The lowest BCUT2D eigenvalue weighted by atomic mass is 9.81. The van der Waals surface area contributed by atoms with Crippen molar-refractivity contribution in [3.63, 3.8) is 0 Å². The third-order valence-corrected chi connectivity index (χ3v) is 10.6. The summed E-state index contributed by atoms with van der Waals surface area (Å²) in [6.45, 7) is 6.88. The zero-order valence-electron chi connectivity index (χ0n) is 28.1. The van der Waals surface area contributed by atoms with Crippen molar-refractivity contribution in [2.45, 2.75) is 26.2 Å². The van der Waals surface area contributed by atoms with E-state index in [0.717, 1.165) is 16.1 Å². The van der Waals surface area contributed by atoms with Crippen molar-refractivity contribution in [3.8, 4) is 55.6 Å². The van der Waals surface area contributed by atoms with Gasteiger partial charge in [0, 0.05) is 18.0 Å². The van der Waals surface area contributed by atoms with Gasteiger partial charge in [-0.25, -0.2) is 9.97 Å². The number of aromatic nitrogens is 4. The molecule has 50 heavy (non-hydrogen) atoms. The largest absolute Gasteiger partial charge is 0.266 e. The molecule has 0 saturated heterocycles. The van der Waals surface area contributed by atoms with Crippen molar-refractivity contribution < 1.29 is 0 Å². The molecule has 0 aliphatic heterocycles. The van der Waals surface area contributed by atoms with Gasteiger partial charge in [0.2, 0.25) is 0 Å². The number of thiazole rings is 1. The van der Waals surface area contributed by atoms with Crippen molar-refractivity contribution in [3.05, 3.63) is 157 Å². The topological polar surface area (TPSA) is 43.1 Å². The summed E-state index contributed by atoms with van der Waals surface area (Å²) < 4.78 is 3.36. The van der Waals surface area contributed by atoms with Crippen molar-refractivity contribution >= 4 is 37.8 Å². The molecule has 3 heterocycles. The minimum absolute atomic E-state index is 0.0776. The van der Waals surface area contributed by atoms with Gasteiger partial charge in [0.15, 0.2) is 16.3 Å². The number of fused-ring (bicyclic) bond motifs is 5. The Labute approximate surface area is 295 Å². The average molecular weight is 663 g/mol. The molecule has 9 rings (SSSR count). The van der Waals surface area contributed by atoms with Gasteiger partial charge in [-0.2, -0.15) is 4.98 Å². The summed E-state index contributed by atoms with van der Waals surface area (Å²) in [5, 5.41) is 0. The van der Waals surface area contributed by atoms with E-state index in [0.29, 0.717) is 5.65 Å². The van der Waals surface area contributed by atoms with Crippen LogP contribution in [0.1, 0.15) is 26.3 Å². The van der Waals surface area contributed by atoms with Crippen LogP contribution in [0.25, 0.3) is 82.1 Å². The Hall–Kier alpha value is -5.91. The Morgan fingerprint density at radius 2 is 1.10 bits per heavy atom. The first-order valence-corrected chi connectivity index (χ1v) is 17.8. The van der Waals surface area contributed by atoms with Gasteiger partial charge >= 0.3 is 0 Å². The summed E-state index contributed by atoms with van der Waals surface area (Å²) in [6, 6.07) is 50.6. The third kappa shape index (κ3) is 5.10. The van der Waals surface area contributed by atoms with Crippen LogP contribution in [0.5, 0.6) is 0 Å². The second kappa shape index (κ2) is 11.9. The van der Waals surface area contributed by atoms with Gasteiger partial charge in [-0.1, -0.05) is 147 Å². The van der Waals surface area contributed by atoms with Gasteiger partial charge in [-0.3, -0.25) is 4.40 Å². The van der Waals surface area contributed by atoms with Crippen LogP contribution in [-0.4, -0.2) is 19.4 Å². The summed E-state index contributed by atoms with van der Waals surface area (Å²) >= 11 is 1.71. The van der Waals surface area contributed by atoms with E-state index in [-0.39, 0.29) is 5.41 Å². The molecule has 240 valence electrons. The summed E-state index contributed by atoms with van der Waals surface area (Å²) in [7, 11) is 0. The molecule has 0 unspecified atom stereocenters. The highest BCUT2D eigenvalue weighted by molar-refractivity contribution is 7.24. The Kier molecular flexibility index (Phi) is 7.18. The lowest BCUT2D eigenvalue weighted by molar-refractivity contribution is 0.593. The number of benzene rings is 6. The van der Waals surface area contributed by atoms with E-state index in [1.165, 1.54) is 65.9 Å². The van der Waals surface area contributed by atoms with Crippen molar-refractivity contribution in [1.82, 2.24) is 19.4 Å². The summed E-state index contributed by atoms with van der Waals surface area (Å²) in [6.07, 6.45) is 3.44. The van der Waals surface area contributed by atoms with Crippen molar-refractivity contribution in [2.24, 2.45) is 0 Å². The first-order chi connectivity index (χ1) is 24.4. The predicted octanol–water partition coefficient (Wildman–Crippen LogP) is 12.1. The van der Waals surface area contributed by atoms with E-state index in [2.05, 4.69) is 175 Å². The van der Waals surface area contributed by atoms with Gasteiger partial charge in [-0.15, -0.1) is 0 Å². The average Bonchev–Trinajstić information content (AvgIpc) is 3.71. The summed E-state index contributed by atoms with van der Waals surface area (Å²) in [5.41, 5.74) is 15.8. The van der Waals surface area contributed by atoms with Crippen LogP contribution in [0.15, 0.2) is 152 Å². The van der Waals surface area contributed by atoms with Crippen LogP contribution >= 0.6 is 11.3 Å². The molecule has 0 N–H and O–H groups in total. The number of imidazole rings is 1. The monoisotopic (exact) mass is 662 g/mol. The Morgan fingerprint density at radius 3 is 1.74 bits per heavy atom. The van der Waals surface area contributed by atoms with Gasteiger partial charge in [-0.05, 0) is 85.3 Å². The molecule has 0 fully saturated rings. The van der Waals surface area contributed by atoms with E-state index in [4.69, 9.17) is 4.98 Å². The molecule has 0 spiro atoms. The van der Waals surface area contributed by atoms with Crippen LogP contribution in [-0.2, 0) is 5.41 Å². The molecule has 0 bridgehead atoms. The quantitative estimate of drug-likeness (QED) is 0.184. The number of hydrogen-bond acceptors (Lipinski definition) is 4. The second-order valence-electron chi connectivity index (χ2n) is 13.7. The molecule has 9 aromatic rings. The smallest absolute Gasteiger partial charge is 0.199 e. The zero-order chi connectivity index (χ0) is 33.8. The molecule has 0 aliphatic carbocycles. The number of rotatable bonds is 5. The van der Waals surface area contributed by atoms with Crippen molar-refractivity contribution in [1.29, 1.82) is 0 Å². The summed E-state index contributed by atoms with van der Waals surface area (Å²) in [5.74, 6) is 0. The molecule has 3 aromatic heterocycles. The number of hydrogen-bond donors (Lipinski definition) is 0. The van der Waals surface area contributed by atoms with Crippen molar-refractivity contribution in [2.75, 3.05) is 0 Å². The first-order valence-electron chi connectivity index (χ1n) is 16.9. The van der Waals surface area contributed by atoms with Gasteiger partial charge in [0.25, 0.3) is 0 Å². The lowest BCUT2D eigenvalue weighted by Gasteiger charge is -2.24. The van der Waals surface area contributed by atoms with Crippen LogP contribution in [0, 0.1) is 0 Å². The van der Waals surface area contributed by atoms with E-state index >= 15 is 0 Å². The van der Waals surface area contributed by atoms with E-state index < -0.39 is 0 Å². The lowest BCUT2D eigenvalue weighted by Crippen LogP contribution is -2.12. The normalized spacial score (nSPS) is 11.9. The molecule has 4 nitrogen and oxygen atoms in total.